The summed E-state index contributed by atoms with van der Waals surface area (Å²) in [6.07, 6.45) is 1.47. The van der Waals surface area contributed by atoms with Crippen LogP contribution in [0.15, 0.2) is 52.8 Å². The molecule has 0 saturated carbocycles. The molecule has 9 heteroatoms. The van der Waals surface area contributed by atoms with Crippen LogP contribution in [0.25, 0.3) is 0 Å². The Labute approximate surface area is 169 Å². The Hall–Kier alpha value is -3.33. The molecule has 0 spiro atoms. The number of ether oxygens (including phenoxy) is 1. The molecule has 0 aliphatic heterocycles. The van der Waals surface area contributed by atoms with Gasteiger partial charge in [0.25, 0.3) is 11.5 Å². The van der Waals surface area contributed by atoms with Gasteiger partial charge >= 0.3 is 5.97 Å². The maximum absolute atomic E-state index is 13.0. The van der Waals surface area contributed by atoms with Crippen LogP contribution in [0.3, 0.4) is 0 Å². The second kappa shape index (κ2) is 9.24. The molecule has 7 nitrogen and oxygen atoms in total. The molecule has 0 atom stereocenters. The Morgan fingerprint density at radius 1 is 1.21 bits per heavy atom. The fourth-order valence-corrected chi connectivity index (χ4v) is 3.26. The highest BCUT2D eigenvalue weighted by molar-refractivity contribution is 7.14. The van der Waals surface area contributed by atoms with Gasteiger partial charge in [-0.05, 0) is 30.7 Å². The first-order chi connectivity index (χ1) is 13.9. The first kappa shape index (κ1) is 20.4. The lowest BCUT2D eigenvalue weighted by Gasteiger charge is -2.08. The van der Waals surface area contributed by atoms with Crippen LogP contribution in [-0.2, 0) is 22.5 Å². The number of aromatic nitrogens is 2. The van der Waals surface area contributed by atoms with Gasteiger partial charge in [-0.15, -0.1) is 11.3 Å². The minimum Gasteiger partial charge on any atom is -0.466 e. The van der Waals surface area contributed by atoms with Crippen LogP contribution in [0.2, 0.25) is 0 Å². The quantitative estimate of drug-likeness (QED) is 0.600. The van der Waals surface area contributed by atoms with Crippen LogP contribution >= 0.6 is 11.3 Å². The number of halogens is 1. The minimum atomic E-state index is -0.435. The first-order valence-corrected chi connectivity index (χ1v) is 9.69. The normalized spacial score (nSPS) is 10.6. The Morgan fingerprint density at radius 3 is 2.69 bits per heavy atom. The second-order valence-electron chi connectivity index (χ2n) is 6.09. The van der Waals surface area contributed by atoms with E-state index in [4.69, 9.17) is 4.74 Å². The van der Waals surface area contributed by atoms with E-state index in [2.05, 4.69) is 10.3 Å². The van der Waals surface area contributed by atoms with Gasteiger partial charge in [-0.3, -0.25) is 19.7 Å². The largest absolute Gasteiger partial charge is 0.466 e. The first-order valence-electron chi connectivity index (χ1n) is 8.81. The van der Waals surface area contributed by atoms with E-state index in [-0.39, 0.29) is 35.9 Å². The van der Waals surface area contributed by atoms with Gasteiger partial charge < -0.3 is 9.30 Å². The predicted octanol–water partition coefficient (Wildman–Crippen LogP) is 2.85. The SMILES string of the molecule is CCOC(=O)Cc1csc(NC(=O)c2ccc(=O)n(Cc3ccc(F)cc3)c2)n1. The number of nitrogens with one attached hydrogen (secondary N) is 1. The number of hydrogen-bond donors (Lipinski definition) is 1. The highest BCUT2D eigenvalue weighted by Crippen LogP contribution is 2.17. The summed E-state index contributed by atoms with van der Waals surface area (Å²) < 4.78 is 19.3. The number of rotatable bonds is 7. The highest BCUT2D eigenvalue weighted by Gasteiger charge is 2.13. The van der Waals surface area contributed by atoms with Crippen LogP contribution in [0, 0.1) is 5.82 Å². The van der Waals surface area contributed by atoms with E-state index in [1.54, 1.807) is 24.4 Å². The van der Waals surface area contributed by atoms with E-state index >= 15 is 0 Å². The highest BCUT2D eigenvalue weighted by atomic mass is 32.1. The summed E-state index contributed by atoms with van der Waals surface area (Å²) in [7, 11) is 0. The third kappa shape index (κ3) is 5.58. The summed E-state index contributed by atoms with van der Waals surface area (Å²) in [5, 5.41) is 4.66. The Balaban J connectivity index is 1.69. The van der Waals surface area contributed by atoms with Gasteiger partial charge in [0.15, 0.2) is 5.13 Å². The van der Waals surface area contributed by atoms with Crippen LogP contribution in [0.4, 0.5) is 9.52 Å². The molecule has 150 valence electrons. The molecule has 0 fully saturated rings. The second-order valence-corrected chi connectivity index (χ2v) is 6.95. The lowest BCUT2D eigenvalue weighted by atomic mass is 10.2. The summed E-state index contributed by atoms with van der Waals surface area (Å²) in [4.78, 5) is 40.3. The molecule has 3 rings (SSSR count). The number of esters is 1. The number of nitrogens with zero attached hydrogens (tertiary/aromatic N) is 2. The number of thiazole rings is 1. The third-order valence-corrected chi connectivity index (χ3v) is 4.72. The third-order valence-electron chi connectivity index (χ3n) is 3.91. The molecule has 0 saturated heterocycles. The van der Waals surface area contributed by atoms with Gasteiger partial charge in [-0.25, -0.2) is 9.37 Å². The van der Waals surface area contributed by atoms with Crippen molar-refractivity contribution in [2.75, 3.05) is 11.9 Å². The zero-order chi connectivity index (χ0) is 20.8. The molecule has 2 heterocycles. The van der Waals surface area contributed by atoms with Crippen LogP contribution < -0.4 is 10.9 Å². The monoisotopic (exact) mass is 415 g/mol. The maximum Gasteiger partial charge on any atom is 0.311 e. The van der Waals surface area contributed by atoms with Crippen molar-refractivity contribution in [1.29, 1.82) is 0 Å². The summed E-state index contributed by atoms with van der Waals surface area (Å²) in [6, 6.07) is 8.50. The number of amides is 1. The zero-order valence-electron chi connectivity index (χ0n) is 15.6. The van der Waals surface area contributed by atoms with Crippen molar-refractivity contribution in [3.63, 3.8) is 0 Å². The molecular formula is C20H18FN3O4S. The smallest absolute Gasteiger partial charge is 0.311 e. The number of pyridine rings is 1. The van der Waals surface area contributed by atoms with Crippen molar-refractivity contribution in [2.45, 2.75) is 19.9 Å². The van der Waals surface area contributed by atoms with Gasteiger partial charge in [0.05, 0.1) is 30.8 Å². The standard InChI is InChI=1S/C20H18FN3O4S/c1-2-28-18(26)9-16-12-29-20(22-16)23-19(27)14-5-8-17(25)24(11-14)10-13-3-6-15(21)7-4-13/h3-8,11-12H,2,9-10H2,1H3,(H,22,23,27). The van der Waals surface area contributed by atoms with Crippen molar-refractivity contribution in [1.82, 2.24) is 9.55 Å². The van der Waals surface area contributed by atoms with Gasteiger partial charge in [0.2, 0.25) is 0 Å². The molecule has 1 amide bonds. The van der Waals surface area contributed by atoms with Crippen molar-refractivity contribution in [3.05, 3.63) is 81.0 Å². The van der Waals surface area contributed by atoms with E-state index in [0.717, 1.165) is 5.56 Å². The van der Waals surface area contributed by atoms with Crippen LogP contribution in [0.5, 0.6) is 0 Å². The average molecular weight is 415 g/mol. The summed E-state index contributed by atoms with van der Waals surface area (Å²) in [6.45, 7) is 2.22. The van der Waals surface area contributed by atoms with Crippen molar-refractivity contribution < 1.29 is 18.7 Å². The lowest BCUT2D eigenvalue weighted by Crippen LogP contribution is -2.22. The predicted molar refractivity (Wildman–Crippen MR) is 107 cm³/mol. The fourth-order valence-electron chi connectivity index (χ4n) is 2.55. The summed E-state index contributed by atoms with van der Waals surface area (Å²) in [5.41, 5.74) is 1.23. The molecule has 0 bridgehead atoms. The van der Waals surface area contributed by atoms with E-state index in [0.29, 0.717) is 17.4 Å². The molecule has 0 aliphatic rings. The molecule has 0 aliphatic carbocycles. The van der Waals surface area contributed by atoms with Gasteiger partial charge in [-0.2, -0.15) is 0 Å². The molecule has 3 aromatic rings. The average Bonchev–Trinajstić information content (AvgIpc) is 3.12. The number of carbonyl (C=O) groups excluding carboxylic acids is 2. The Bertz CT molecular complexity index is 1080. The number of hydrogen-bond acceptors (Lipinski definition) is 6. The van der Waals surface area contributed by atoms with Gasteiger partial charge in [-0.1, -0.05) is 12.1 Å². The minimum absolute atomic E-state index is 0.0305. The topological polar surface area (TPSA) is 90.3 Å². The molecule has 0 radical (unpaired) electrons. The molecule has 29 heavy (non-hydrogen) atoms. The zero-order valence-corrected chi connectivity index (χ0v) is 16.4. The van der Waals surface area contributed by atoms with E-state index in [1.807, 2.05) is 0 Å². The van der Waals surface area contributed by atoms with Crippen molar-refractivity contribution in [3.8, 4) is 0 Å². The Kier molecular flexibility index (Phi) is 6.50. The molecule has 1 N–H and O–H groups in total. The van der Waals surface area contributed by atoms with Crippen molar-refractivity contribution >= 4 is 28.3 Å². The van der Waals surface area contributed by atoms with Crippen molar-refractivity contribution in [2.24, 2.45) is 0 Å². The number of carbonyl (C=O) groups is 2. The van der Waals surface area contributed by atoms with Gasteiger partial charge in [0.1, 0.15) is 5.82 Å². The van der Waals surface area contributed by atoms with E-state index in [1.165, 1.54) is 46.4 Å². The number of benzene rings is 1. The van der Waals surface area contributed by atoms with E-state index < -0.39 is 5.91 Å². The summed E-state index contributed by atoms with van der Waals surface area (Å²) in [5.74, 6) is -1.18. The fraction of sp³-hybridized carbons (Fsp3) is 0.200. The molecular weight excluding hydrogens is 397 g/mol. The number of anilines is 1. The van der Waals surface area contributed by atoms with Crippen LogP contribution in [0.1, 0.15) is 28.5 Å². The van der Waals surface area contributed by atoms with Gasteiger partial charge in [0, 0.05) is 17.6 Å². The maximum atomic E-state index is 13.0. The molecule has 1 aromatic carbocycles. The Morgan fingerprint density at radius 2 is 1.97 bits per heavy atom. The van der Waals surface area contributed by atoms with E-state index in [9.17, 15) is 18.8 Å². The van der Waals surface area contributed by atoms with Crippen LogP contribution in [-0.4, -0.2) is 28.0 Å². The molecule has 0 unspecified atom stereocenters. The lowest BCUT2D eigenvalue weighted by molar-refractivity contribution is -0.142. The summed E-state index contributed by atoms with van der Waals surface area (Å²) >= 11 is 1.19. The molecule has 2 aromatic heterocycles.